The summed E-state index contributed by atoms with van der Waals surface area (Å²) >= 11 is 7.36. The zero-order valence-corrected chi connectivity index (χ0v) is 15.6. The lowest BCUT2D eigenvalue weighted by atomic mass is 10.3. The number of ether oxygens (including phenoxy) is 1. The first-order valence-electron chi connectivity index (χ1n) is 8.11. The van der Waals surface area contributed by atoms with Crippen molar-refractivity contribution in [2.24, 2.45) is 0 Å². The third-order valence-corrected chi connectivity index (χ3v) is 5.02. The lowest BCUT2D eigenvalue weighted by Gasteiger charge is -2.13. The van der Waals surface area contributed by atoms with Gasteiger partial charge in [-0.05, 0) is 43.3 Å². The van der Waals surface area contributed by atoms with Crippen LogP contribution >= 0.6 is 22.9 Å². The van der Waals surface area contributed by atoms with Crippen LogP contribution in [0.3, 0.4) is 0 Å². The van der Waals surface area contributed by atoms with Gasteiger partial charge in [0.15, 0.2) is 6.10 Å². The summed E-state index contributed by atoms with van der Waals surface area (Å²) in [4.78, 5) is 28.6. The van der Waals surface area contributed by atoms with Gasteiger partial charge < -0.3 is 10.1 Å². The Morgan fingerprint density at radius 3 is 2.65 bits per heavy atom. The molecular formula is C19H17ClN2O3S. The van der Waals surface area contributed by atoms with Crippen LogP contribution in [0.1, 0.15) is 18.4 Å². The van der Waals surface area contributed by atoms with Crippen LogP contribution in [0.4, 0.5) is 5.69 Å². The van der Waals surface area contributed by atoms with Gasteiger partial charge in [-0.1, -0.05) is 23.7 Å². The average molecular weight is 389 g/mol. The van der Waals surface area contributed by atoms with E-state index in [0.717, 1.165) is 15.2 Å². The number of amides is 1. The van der Waals surface area contributed by atoms with Gasteiger partial charge in [0.05, 0.1) is 21.6 Å². The Balaban J connectivity index is 1.48. The molecule has 0 radical (unpaired) electrons. The number of esters is 1. The number of fused-ring (bicyclic) bond motifs is 1. The molecule has 1 N–H and O–H groups in total. The summed E-state index contributed by atoms with van der Waals surface area (Å²) in [6, 6.07) is 14.5. The summed E-state index contributed by atoms with van der Waals surface area (Å²) in [6.07, 6.45) is -0.212. The number of hydrogen-bond donors (Lipinski definition) is 1. The van der Waals surface area contributed by atoms with Crippen molar-refractivity contribution in [1.29, 1.82) is 0 Å². The van der Waals surface area contributed by atoms with Crippen molar-refractivity contribution in [3.63, 3.8) is 0 Å². The van der Waals surface area contributed by atoms with Crippen LogP contribution in [0.5, 0.6) is 0 Å². The maximum absolute atomic E-state index is 12.1. The van der Waals surface area contributed by atoms with Gasteiger partial charge in [-0.3, -0.25) is 9.59 Å². The van der Waals surface area contributed by atoms with Crippen molar-refractivity contribution in [1.82, 2.24) is 4.98 Å². The van der Waals surface area contributed by atoms with E-state index >= 15 is 0 Å². The molecule has 3 aromatic rings. The molecule has 0 saturated heterocycles. The van der Waals surface area contributed by atoms with Gasteiger partial charge in [-0.25, -0.2) is 4.98 Å². The van der Waals surface area contributed by atoms with Crippen LogP contribution in [0, 0.1) is 0 Å². The smallest absolute Gasteiger partial charge is 0.306 e. The zero-order valence-electron chi connectivity index (χ0n) is 14.1. The Labute approximate surface area is 160 Å². The molecule has 3 rings (SSSR count). The Bertz CT molecular complexity index is 891. The zero-order chi connectivity index (χ0) is 18.5. The SMILES string of the molecule is C[C@@H](OC(=O)CCc1nc2ccccc2s1)C(=O)Nc1ccc(Cl)cc1. The third kappa shape index (κ3) is 4.80. The maximum Gasteiger partial charge on any atom is 0.306 e. The summed E-state index contributed by atoms with van der Waals surface area (Å²) in [5.74, 6) is -0.816. The first kappa shape index (κ1) is 18.4. The van der Waals surface area contributed by atoms with Crippen molar-refractivity contribution in [3.05, 3.63) is 58.6 Å². The highest BCUT2D eigenvalue weighted by Gasteiger charge is 2.18. The molecule has 0 bridgehead atoms. The standard InChI is InChI=1S/C19H17ClN2O3S/c1-12(19(24)21-14-8-6-13(20)7-9-14)25-18(23)11-10-17-22-15-4-2-3-5-16(15)26-17/h2-9,12H,10-11H2,1H3,(H,21,24)/t12-/m1/s1. The van der Waals surface area contributed by atoms with Crippen molar-refractivity contribution in [2.75, 3.05) is 5.32 Å². The van der Waals surface area contributed by atoms with E-state index in [4.69, 9.17) is 16.3 Å². The lowest BCUT2D eigenvalue weighted by Crippen LogP contribution is -2.30. The van der Waals surface area contributed by atoms with Gasteiger partial charge in [0.1, 0.15) is 0 Å². The van der Waals surface area contributed by atoms with E-state index < -0.39 is 12.1 Å². The minimum absolute atomic E-state index is 0.179. The highest BCUT2D eigenvalue weighted by Crippen LogP contribution is 2.22. The minimum Gasteiger partial charge on any atom is -0.453 e. The first-order chi connectivity index (χ1) is 12.5. The van der Waals surface area contributed by atoms with Crippen LogP contribution in [-0.2, 0) is 20.7 Å². The third-order valence-electron chi connectivity index (χ3n) is 3.67. The number of halogens is 1. The maximum atomic E-state index is 12.1. The highest BCUT2D eigenvalue weighted by molar-refractivity contribution is 7.18. The summed E-state index contributed by atoms with van der Waals surface area (Å²) < 4.78 is 6.29. The molecule has 1 amide bonds. The number of carbonyl (C=O) groups is 2. The molecule has 0 aliphatic heterocycles. The Hall–Kier alpha value is -2.44. The van der Waals surface area contributed by atoms with E-state index in [1.807, 2.05) is 24.3 Å². The minimum atomic E-state index is -0.881. The van der Waals surface area contributed by atoms with Crippen LogP contribution < -0.4 is 5.32 Å². The predicted molar refractivity (Wildman–Crippen MR) is 104 cm³/mol. The molecule has 0 unspecified atom stereocenters. The van der Waals surface area contributed by atoms with Gasteiger partial charge in [-0.15, -0.1) is 11.3 Å². The second-order valence-corrected chi connectivity index (χ2v) is 7.26. The number of rotatable bonds is 6. The van der Waals surface area contributed by atoms with E-state index in [2.05, 4.69) is 10.3 Å². The van der Waals surface area contributed by atoms with Gasteiger partial charge in [-0.2, -0.15) is 0 Å². The summed E-state index contributed by atoms with van der Waals surface area (Å²) in [5.41, 5.74) is 1.52. The molecule has 26 heavy (non-hydrogen) atoms. The number of nitrogens with one attached hydrogen (secondary N) is 1. The predicted octanol–water partition coefficient (Wildman–Crippen LogP) is 4.45. The number of aromatic nitrogens is 1. The Kier molecular flexibility index (Phi) is 5.85. The summed E-state index contributed by atoms with van der Waals surface area (Å²) in [5, 5.41) is 4.14. The topological polar surface area (TPSA) is 68.3 Å². The van der Waals surface area contributed by atoms with Crippen molar-refractivity contribution in [3.8, 4) is 0 Å². The van der Waals surface area contributed by atoms with Crippen LogP contribution in [0.25, 0.3) is 10.2 Å². The van der Waals surface area contributed by atoms with E-state index in [1.165, 1.54) is 0 Å². The number of hydrogen-bond acceptors (Lipinski definition) is 5. The van der Waals surface area contributed by atoms with Crippen molar-refractivity contribution >= 4 is 50.7 Å². The summed E-state index contributed by atoms with van der Waals surface area (Å²) in [6.45, 7) is 1.54. The molecule has 0 saturated carbocycles. The number of aryl methyl sites for hydroxylation is 1. The van der Waals surface area contributed by atoms with Crippen molar-refractivity contribution in [2.45, 2.75) is 25.9 Å². The number of benzene rings is 2. The Morgan fingerprint density at radius 1 is 1.19 bits per heavy atom. The molecule has 1 heterocycles. The molecule has 2 aromatic carbocycles. The van der Waals surface area contributed by atoms with Crippen LogP contribution in [-0.4, -0.2) is 23.0 Å². The quantitative estimate of drug-likeness (QED) is 0.633. The van der Waals surface area contributed by atoms with E-state index in [0.29, 0.717) is 17.1 Å². The molecule has 134 valence electrons. The molecule has 0 fully saturated rings. The monoisotopic (exact) mass is 388 g/mol. The largest absolute Gasteiger partial charge is 0.453 e. The Morgan fingerprint density at radius 2 is 1.92 bits per heavy atom. The highest BCUT2D eigenvalue weighted by atomic mass is 35.5. The van der Waals surface area contributed by atoms with E-state index in [1.54, 1.807) is 42.5 Å². The molecule has 0 spiro atoms. The van der Waals surface area contributed by atoms with E-state index in [9.17, 15) is 9.59 Å². The van der Waals surface area contributed by atoms with Crippen LogP contribution in [0.2, 0.25) is 5.02 Å². The normalized spacial score (nSPS) is 11.9. The van der Waals surface area contributed by atoms with Crippen molar-refractivity contribution < 1.29 is 14.3 Å². The lowest BCUT2D eigenvalue weighted by molar-refractivity contribution is -0.153. The summed E-state index contributed by atoms with van der Waals surface area (Å²) in [7, 11) is 0. The fraction of sp³-hybridized carbons (Fsp3) is 0.211. The fourth-order valence-electron chi connectivity index (χ4n) is 2.32. The molecule has 0 aliphatic rings. The molecule has 1 aromatic heterocycles. The van der Waals surface area contributed by atoms with Gasteiger partial charge in [0.2, 0.25) is 0 Å². The number of thiazole rings is 1. The molecule has 0 aliphatic carbocycles. The number of para-hydroxylation sites is 1. The second-order valence-electron chi connectivity index (χ2n) is 5.70. The van der Waals surface area contributed by atoms with Crippen LogP contribution in [0.15, 0.2) is 48.5 Å². The molecule has 5 nitrogen and oxygen atoms in total. The molecular weight excluding hydrogens is 372 g/mol. The number of nitrogens with zero attached hydrogens (tertiary/aromatic N) is 1. The van der Waals surface area contributed by atoms with E-state index in [-0.39, 0.29) is 12.3 Å². The number of carbonyl (C=O) groups excluding carboxylic acids is 2. The fourth-order valence-corrected chi connectivity index (χ4v) is 3.42. The average Bonchev–Trinajstić information content (AvgIpc) is 3.05. The molecule has 1 atom stereocenters. The van der Waals surface area contributed by atoms with Gasteiger partial charge in [0, 0.05) is 17.1 Å². The molecule has 7 heteroatoms. The van der Waals surface area contributed by atoms with Gasteiger partial charge in [0.25, 0.3) is 5.91 Å². The first-order valence-corrected chi connectivity index (χ1v) is 9.31. The van der Waals surface area contributed by atoms with Gasteiger partial charge >= 0.3 is 5.97 Å². The number of anilines is 1. The second kappa shape index (κ2) is 8.29.